The molecule has 0 aliphatic carbocycles. The van der Waals surface area contributed by atoms with Crippen molar-refractivity contribution < 1.29 is 14.2 Å². The van der Waals surface area contributed by atoms with Crippen molar-refractivity contribution in [1.82, 2.24) is 5.32 Å². The van der Waals surface area contributed by atoms with Crippen LogP contribution in [-0.4, -0.2) is 39.5 Å². The average molecular weight is 223 g/mol. The second-order valence-electron chi connectivity index (χ2n) is 3.71. The molecule has 0 radical (unpaired) electrons. The Morgan fingerprint density at radius 2 is 2.06 bits per heavy atom. The number of hydrogen-bond donors (Lipinski definition) is 1. The summed E-state index contributed by atoms with van der Waals surface area (Å²) in [5.41, 5.74) is 0. The summed E-state index contributed by atoms with van der Waals surface area (Å²) in [5.74, 6) is 1.69. The summed E-state index contributed by atoms with van der Waals surface area (Å²) >= 11 is 0. The number of methoxy groups -OCH3 is 1. The summed E-state index contributed by atoms with van der Waals surface area (Å²) in [6.07, 6.45) is 0. The minimum absolute atomic E-state index is 0.288. The van der Waals surface area contributed by atoms with Crippen LogP contribution >= 0.6 is 0 Å². The van der Waals surface area contributed by atoms with Crippen LogP contribution in [0.4, 0.5) is 0 Å². The van der Waals surface area contributed by atoms with Crippen LogP contribution in [0.2, 0.25) is 0 Å². The molecule has 1 aromatic rings. The Kier molecular flexibility index (Phi) is 4.02. The highest BCUT2D eigenvalue weighted by Gasteiger charge is 2.13. The molecule has 16 heavy (non-hydrogen) atoms. The van der Waals surface area contributed by atoms with Crippen LogP contribution in [-0.2, 0) is 4.74 Å². The van der Waals surface area contributed by atoms with Crippen LogP contribution in [0.25, 0.3) is 0 Å². The van der Waals surface area contributed by atoms with Gasteiger partial charge in [0.15, 0.2) is 0 Å². The lowest BCUT2D eigenvalue weighted by Gasteiger charge is -2.23. The topological polar surface area (TPSA) is 39.7 Å². The fraction of sp³-hybridized carbons (Fsp3) is 0.500. The van der Waals surface area contributed by atoms with Crippen molar-refractivity contribution in [2.24, 2.45) is 0 Å². The molecule has 1 saturated heterocycles. The van der Waals surface area contributed by atoms with Crippen LogP contribution in [0.1, 0.15) is 0 Å². The molecule has 88 valence electrons. The number of benzene rings is 1. The van der Waals surface area contributed by atoms with Crippen molar-refractivity contribution in [2.75, 3.05) is 33.5 Å². The first-order chi connectivity index (χ1) is 7.88. The van der Waals surface area contributed by atoms with Crippen LogP contribution in [0.5, 0.6) is 11.5 Å². The first kappa shape index (κ1) is 11.2. The van der Waals surface area contributed by atoms with E-state index in [0.29, 0.717) is 6.61 Å². The zero-order valence-electron chi connectivity index (χ0n) is 9.44. The SMILES string of the molecule is COc1ccc(OCC2COCCN2)cc1. The Morgan fingerprint density at radius 3 is 2.69 bits per heavy atom. The largest absolute Gasteiger partial charge is 0.497 e. The molecule has 0 saturated carbocycles. The standard InChI is InChI=1S/C12H17NO3/c1-14-11-2-4-12(5-3-11)16-9-10-8-15-7-6-13-10/h2-5,10,13H,6-9H2,1H3. The third-order valence-electron chi connectivity index (χ3n) is 2.51. The third-order valence-corrected chi connectivity index (χ3v) is 2.51. The summed E-state index contributed by atoms with van der Waals surface area (Å²) < 4.78 is 16.1. The van der Waals surface area contributed by atoms with E-state index in [2.05, 4.69) is 5.32 Å². The zero-order valence-corrected chi connectivity index (χ0v) is 9.44. The highest BCUT2D eigenvalue weighted by atomic mass is 16.5. The van der Waals surface area contributed by atoms with Gasteiger partial charge in [0.05, 0.1) is 26.4 Å². The second kappa shape index (κ2) is 5.72. The first-order valence-electron chi connectivity index (χ1n) is 5.46. The van der Waals surface area contributed by atoms with E-state index in [0.717, 1.165) is 31.3 Å². The van der Waals surface area contributed by atoms with Gasteiger partial charge in [-0.05, 0) is 24.3 Å². The predicted octanol–water partition coefficient (Wildman–Crippen LogP) is 1.06. The summed E-state index contributed by atoms with van der Waals surface area (Å²) in [6, 6.07) is 7.88. The van der Waals surface area contributed by atoms with E-state index >= 15 is 0 Å². The Bertz CT molecular complexity index is 307. The van der Waals surface area contributed by atoms with Crippen molar-refractivity contribution in [3.05, 3.63) is 24.3 Å². The highest BCUT2D eigenvalue weighted by molar-refractivity contribution is 5.31. The maximum Gasteiger partial charge on any atom is 0.119 e. The molecule has 1 atom stereocenters. The third kappa shape index (κ3) is 3.12. The number of hydrogen-bond acceptors (Lipinski definition) is 4. The minimum atomic E-state index is 0.288. The molecule has 4 heteroatoms. The van der Waals surface area contributed by atoms with Gasteiger partial charge < -0.3 is 19.5 Å². The summed E-state index contributed by atoms with van der Waals surface area (Å²) in [7, 11) is 1.65. The molecule has 1 fully saturated rings. The van der Waals surface area contributed by atoms with E-state index in [1.165, 1.54) is 0 Å². The lowest BCUT2D eigenvalue weighted by Crippen LogP contribution is -2.44. The molecule has 1 aromatic carbocycles. The molecule has 1 heterocycles. The lowest BCUT2D eigenvalue weighted by atomic mass is 10.3. The molecule has 1 N–H and O–H groups in total. The maximum atomic E-state index is 5.65. The first-order valence-corrected chi connectivity index (χ1v) is 5.46. The van der Waals surface area contributed by atoms with Crippen molar-refractivity contribution >= 4 is 0 Å². The smallest absolute Gasteiger partial charge is 0.119 e. The van der Waals surface area contributed by atoms with E-state index in [4.69, 9.17) is 14.2 Å². The molecule has 0 amide bonds. The Labute approximate surface area is 95.5 Å². The molecule has 0 spiro atoms. The molecule has 1 aliphatic heterocycles. The predicted molar refractivity (Wildman–Crippen MR) is 61.1 cm³/mol. The van der Waals surface area contributed by atoms with E-state index in [1.807, 2.05) is 24.3 Å². The molecule has 1 unspecified atom stereocenters. The van der Waals surface area contributed by atoms with E-state index < -0.39 is 0 Å². The van der Waals surface area contributed by atoms with Gasteiger partial charge in [-0.15, -0.1) is 0 Å². The van der Waals surface area contributed by atoms with Gasteiger partial charge in [-0.2, -0.15) is 0 Å². The van der Waals surface area contributed by atoms with Crippen LogP contribution < -0.4 is 14.8 Å². The number of nitrogens with one attached hydrogen (secondary N) is 1. The molecule has 4 nitrogen and oxygen atoms in total. The Morgan fingerprint density at radius 1 is 1.31 bits per heavy atom. The normalized spacial score (nSPS) is 20.4. The van der Waals surface area contributed by atoms with Crippen molar-refractivity contribution in [2.45, 2.75) is 6.04 Å². The van der Waals surface area contributed by atoms with Gasteiger partial charge in [-0.25, -0.2) is 0 Å². The van der Waals surface area contributed by atoms with Gasteiger partial charge in [-0.1, -0.05) is 0 Å². The molecule has 1 aliphatic rings. The van der Waals surface area contributed by atoms with E-state index in [-0.39, 0.29) is 6.04 Å². The van der Waals surface area contributed by atoms with Gasteiger partial charge >= 0.3 is 0 Å². The Hall–Kier alpha value is -1.26. The monoisotopic (exact) mass is 223 g/mol. The molecule has 0 bridgehead atoms. The summed E-state index contributed by atoms with van der Waals surface area (Å²) in [4.78, 5) is 0. The molecular weight excluding hydrogens is 206 g/mol. The molecular formula is C12H17NO3. The van der Waals surface area contributed by atoms with Crippen LogP contribution in [0.3, 0.4) is 0 Å². The summed E-state index contributed by atoms with van der Waals surface area (Å²) in [5, 5.41) is 3.34. The molecule has 2 rings (SSSR count). The second-order valence-corrected chi connectivity index (χ2v) is 3.71. The van der Waals surface area contributed by atoms with Gasteiger partial charge in [0.2, 0.25) is 0 Å². The quantitative estimate of drug-likeness (QED) is 0.828. The number of rotatable bonds is 4. The van der Waals surface area contributed by atoms with E-state index in [9.17, 15) is 0 Å². The highest BCUT2D eigenvalue weighted by Crippen LogP contribution is 2.17. The van der Waals surface area contributed by atoms with Crippen molar-refractivity contribution in [1.29, 1.82) is 0 Å². The van der Waals surface area contributed by atoms with E-state index in [1.54, 1.807) is 7.11 Å². The fourth-order valence-electron chi connectivity index (χ4n) is 1.60. The van der Waals surface area contributed by atoms with Crippen LogP contribution in [0, 0.1) is 0 Å². The lowest BCUT2D eigenvalue weighted by molar-refractivity contribution is 0.0592. The fourth-order valence-corrected chi connectivity index (χ4v) is 1.60. The molecule has 0 aromatic heterocycles. The summed E-state index contributed by atoms with van der Waals surface area (Å²) in [6.45, 7) is 3.04. The van der Waals surface area contributed by atoms with Crippen molar-refractivity contribution in [3.63, 3.8) is 0 Å². The number of morpholine rings is 1. The van der Waals surface area contributed by atoms with Gasteiger partial charge in [0.1, 0.15) is 18.1 Å². The van der Waals surface area contributed by atoms with Gasteiger partial charge in [0, 0.05) is 6.54 Å². The average Bonchev–Trinajstić information content (AvgIpc) is 2.38. The maximum absolute atomic E-state index is 5.65. The van der Waals surface area contributed by atoms with Gasteiger partial charge in [0.25, 0.3) is 0 Å². The Balaban J connectivity index is 1.79. The van der Waals surface area contributed by atoms with Gasteiger partial charge in [-0.3, -0.25) is 0 Å². The minimum Gasteiger partial charge on any atom is -0.497 e. The zero-order chi connectivity index (χ0) is 11.2. The van der Waals surface area contributed by atoms with Crippen LogP contribution in [0.15, 0.2) is 24.3 Å². The van der Waals surface area contributed by atoms with Crippen molar-refractivity contribution in [3.8, 4) is 11.5 Å². The number of ether oxygens (including phenoxy) is 3.